The molecule has 2 aliphatic rings. The minimum Gasteiger partial charge on any atom is -0.369 e. The van der Waals surface area contributed by atoms with Crippen molar-refractivity contribution < 1.29 is 4.79 Å². The third-order valence-electron chi connectivity index (χ3n) is 6.96. The van der Waals surface area contributed by atoms with Crippen molar-refractivity contribution in [2.24, 2.45) is 11.7 Å². The molecule has 31 heavy (non-hydrogen) atoms. The van der Waals surface area contributed by atoms with Crippen LogP contribution in [0.15, 0.2) is 72.9 Å². The zero-order chi connectivity index (χ0) is 20.9. The maximum absolute atomic E-state index is 11.8. The van der Waals surface area contributed by atoms with Crippen LogP contribution in [0.2, 0.25) is 0 Å². The summed E-state index contributed by atoms with van der Waals surface area (Å²) >= 11 is 0. The minimum absolute atomic E-state index is 0.0596. The standard InChI is InChI=1S/C28H24N2O/c29-28(31)21-10-11-24-20(15-21)9-12-25-23-8-4-3-6-19(23)16-26(27(24)25)30-14-13-18-5-1-2-7-22(18)17-30/h1-9,12-14,16,21H,10-11,15,17H2,(H2,29,31). The molecule has 0 spiro atoms. The number of carbonyl (C=O) groups excluding carboxylic acids is 1. The van der Waals surface area contributed by atoms with E-state index in [0.29, 0.717) is 0 Å². The summed E-state index contributed by atoms with van der Waals surface area (Å²) in [6.07, 6.45) is 6.87. The first-order chi connectivity index (χ1) is 15.2. The number of rotatable bonds is 2. The number of aryl methyl sites for hydroxylation is 1. The molecule has 1 amide bonds. The van der Waals surface area contributed by atoms with Crippen molar-refractivity contribution in [1.29, 1.82) is 0 Å². The van der Waals surface area contributed by atoms with Gasteiger partial charge in [-0.1, -0.05) is 60.7 Å². The first kappa shape index (κ1) is 18.2. The highest BCUT2D eigenvalue weighted by Crippen LogP contribution is 2.42. The highest BCUT2D eigenvalue weighted by Gasteiger charge is 2.26. The van der Waals surface area contributed by atoms with Crippen molar-refractivity contribution in [3.8, 4) is 0 Å². The van der Waals surface area contributed by atoms with Crippen LogP contribution >= 0.6 is 0 Å². The van der Waals surface area contributed by atoms with Crippen LogP contribution in [0.1, 0.15) is 28.7 Å². The average molecular weight is 405 g/mol. The molecule has 0 aromatic heterocycles. The van der Waals surface area contributed by atoms with Crippen LogP contribution in [0, 0.1) is 5.92 Å². The molecule has 4 aromatic carbocycles. The fourth-order valence-corrected chi connectivity index (χ4v) is 5.34. The predicted octanol–water partition coefficient (Wildman–Crippen LogP) is 5.57. The van der Waals surface area contributed by atoms with Crippen molar-refractivity contribution >= 4 is 39.2 Å². The third-order valence-corrected chi connectivity index (χ3v) is 6.96. The van der Waals surface area contributed by atoms with Crippen LogP contribution in [0.4, 0.5) is 5.69 Å². The van der Waals surface area contributed by atoms with Gasteiger partial charge in [-0.3, -0.25) is 4.79 Å². The number of nitrogens with zero attached hydrogens (tertiary/aromatic N) is 1. The first-order valence-electron chi connectivity index (χ1n) is 11.0. The van der Waals surface area contributed by atoms with E-state index in [-0.39, 0.29) is 11.8 Å². The summed E-state index contributed by atoms with van der Waals surface area (Å²) in [5, 5.41) is 5.14. The number of benzene rings is 4. The lowest BCUT2D eigenvalue weighted by molar-refractivity contribution is -0.122. The summed E-state index contributed by atoms with van der Waals surface area (Å²) in [6.45, 7) is 0.855. The second-order valence-electron chi connectivity index (χ2n) is 8.73. The van der Waals surface area contributed by atoms with Gasteiger partial charge in [-0.2, -0.15) is 0 Å². The molecule has 1 heterocycles. The number of hydrogen-bond donors (Lipinski definition) is 1. The number of primary amides is 1. The van der Waals surface area contributed by atoms with Gasteiger partial charge >= 0.3 is 0 Å². The van der Waals surface area contributed by atoms with E-state index < -0.39 is 0 Å². The number of fused-ring (bicyclic) bond motifs is 6. The van der Waals surface area contributed by atoms with Gasteiger partial charge in [-0.25, -0.2) is 0 Å². The molecule has 152 valence electrons. The number of hydrogen-bond acceptors (Lipinski definition) is 2. The Hall–Kier alpha value is -3.59. The average Bonchev–Trinajstić information content (AvgIpc) is 2.82. The van der Waals surface area contributed by atoms with Crippen molar-refractivity contribution in [1.82, 2.24) is 0 Å². The van der Waals surface area contributed by atoms with E-state index in [4.69, 9.17) is 5.73 Å². The summed E-state index contributed by atoms with van der Waals surface area (Å²) in [4.78, 5) is 14.2. The summed E-state index contributed by atoms with van der Waals surface area (Å²) in [5.41, 5.74) is 12.2. The smallest absolute Gasteiger partial charge is 0.220 e. The number of carbonyl (C=O) groups is 1. The molecule has 0 radical (unpaired) electrons. The van der Waals surface area contributed by atoms with Crippen LogP contribution < -0.4 is 10.6 Å². The molecule has 4 aromatic rings. The Labute approximate surface area is 181 Å². The van der Waals surface area contributed by atoms with Crippen molar-refractivity contribution in [3.05, 3.63) is 95.2 Å². The quantitative estimate of drug-likeness (QED) is 0.444. The maximum Gasteiger partial charge on any atom is 0.220 e. The van der Waals surface area contributed by atoms with E-state index in [2.05, 4.69) is 83.9 Å². The van der Waals surface area contributed by atoms with Gasteiger partial charge in [0.1, 0.15) is 0 Å². The van der Waals surface area contributed by atoms with Gasteiger partial charge in [0, 0.05) is 29.7 Å². The maximum atomic E-state index is 11.8. The zero-order valence-corrected chi connectivity index (χ0v) is 17.3. The Morgan fingerprint density at radius 1 is 0.935 bits per heavy atom. The van der Waals surface area contributed by atoms with E-state index in [1.807, 2.05) is 0 Å². The summed E-state index contributed by atoms with van der Waals surface area (Å²) in [6, 6.07) is 24.0. The third kappa shape index (κ3) is 2.92. The van der Waals surface area contributed by atoms with E-state index in [1.54, 1.807) is 0 Å². The van der Waals surface area contributed by atoms with Crippen molar-refractivity contribution in [3.63, 3.8) is 0 Å². The molecule has 1 atom stereocenters. The Kier molecular flexibility index (Phi) is 4.10. The molecule has 1 aliphatic carbocycles. The lowest BCUT2D eigenvalue weighted by Gasteiger charge is -2.30. The van der Waals surface area contributed by atoms with Crippen LogP contribution in [0.25, 0.3) is 27.6 Å². The molecule has 3 heteroatoms. The molecule has 0 bridgehead atoms. The molecule has 0 fully saturated rings. The molecule has 0 saturated carbocycles. The number of anilines is 1. The highest BCUT2D eigenvalue weighted by atomic mass is 16.1. The Balaban J connectivity index is 1.59. The number of nitrogens with two attached hydrogens (primary N) is 1. The van der Waals surface area contributed by atoms with Gasteiger partial charge in [0.15, 0.2) is 0 Å². The lowest BCUT2D eigenvalue weighted by Crippen LogP contribution is -2.29. The highest BCUT2D eigenvalue weighted by molar-refractivity contribution is 6.15. The summed E-state index contributed by atoms with van der Waals surface area (Å²) in [5.74, 6) is -0.240. The normalized spacial score (nSPS) is 17.5. The molecular weight excluding hydrogens is 380 g/mol. The second-order valence-corrected chi connectivity index (χ2v) is 8.73. The van der Waals surface area contributed by atoms with Gasteiger partial charge in [0.25, 0.3) is 0 Å². The largest absolute Gasteiger partial charge is 0.369 e. The SMILES string of the molecule is NC(=O)C1CCc2c(ccc3c2c(N2C=Cc4ccccc4C2)cc2ccccc23)C1. The monoisotopic (exact) mass is 404 g/mol. The van der Waals surface area contributed by atoms with Crippen molar-refractivity contribution in [2.75, 3.05) is 4.90 Å². The summed E-state index contributed by atoms with van der Waals surface area (Å²) < 4.78 is 0. The fraction of sp³-hybridized carbons (Fsp3) is 0.179. The zero-order valence-electron chi connectivity index (χ0n) is 17.3. The molecule has 3 nitrogen and oxygen atoms in total. The molecule has 0 saturated heterocycles. The van der Waals surface area contributed by atoms with Gasteiger partial charge in [0.2, 0.25) is 5.91 Å². The first-order valence-corrected chi connectivity index (χ1v) is 11.0. The number of amides is 1. The fourth-order valence-electron chi connectivity index (χ4n) is 5.34. The van der Waals surface area contributed by atoms with Crippen LogP contribution in [-0.4, -0.2) is 5.91 Å². The Morgan fingerprint density at radius 3 is 2.68 bits per heavy atom. The predicted molar refractivity (Wildman–Crippen MR) is 128 cm³/mol. The molecule has 1 unspecified atom stereocenters. The van der Waals surface area contributed by atoms with Gasteiger partial charge in [-0.15, -0.1) is 0 Å². The van der Waals surface area contributed by atoms with Crippen LogP contribution in [0.3, 0.4) is 0 Å². The Bertz CT molecular complexity index is 1380. The Morgan fingerprint density at radius 2 is 1.77 bits per heavy atom. The topological polar surface area (TPSA) is 46.3 Å². The van der Waals surface area contributed by atoms with E-state index in [9.17, 15) is 4.79 Å². The molecule has 2 N–H and O–H groups in total. The van der Waals surface area contributed by atoms with E-state index in [1.165, 1.54) is 49.5 Å². The summed E-state index contributed by atoms with van der Waals surface area (Å²) in [7, 11) is 0. The van der Waals surface area contributed by atoms with Crippen LogP contribution in [-0.2, 0) is 24.2 Å². The van der Waals surface area contributed by atoms with Gasteiger partial charge in [0.05, 0.1) is 0 Å². The minimum atomic E-state index is -0.181. The lowest BCUT2D eigenvalue weighted by atomic mass is 9.80. The van der Waals surface area contributed by atoms with Gasteiger partial charge < -0.3 is 10.6 Å². The van der Waals surface area contributed by atoms with Crippen molar-refractivity contribution in [2.45, 2.75) is 25.8 Å². The molecule has 6 rings (SSSR count). The van der Waals surface area contributed by atoms with Gasteiger partial charge in [-0.05, 0) is 69.8 Å². The molecular formula is C28H24N2O. The van der Waals surface area contributed by atoms with E-state index >= 15 is 0 Å². The second kappa shape index (κ2) is 6.98. The van der Waals surface area contributed by atoms with Crippen LogP contribution in [0.5, 0.6) is 0 Å². The van der Waals surface area contributed by atoms with E-state index in [0.717, 1.165) is 25.8 Å². The molecule has 1 aliphatic heterocycles.